The molecule has 2 heterocycles. The number of sulfonamides is 1. The number of piperazine rings is 1. The number of anilines is 1. The van der Waals surface area contributed by atoms with Crippen molar-refractivity contribution in [3.05, 3.63) is 112 Å². The van der Waals surface area contributed by atoms with Gasteiger partial charge in [0.1, 0.15) is 4.88 Å². The zero-order chi connectivity index (χ0) is 27.6. The van der Waals surface area contributed by atoms with Gasteiger partial charge in [-0.2, -0.15) is 0 Å². The number of thiazole rings is 1. The van der Waals surface area contributed by atoms with E-state index in [2.05, 4.69) is 63.1 Å². The summed E-state index contributed by atoms with van der Waals surface area (Å²) in [5.41, 5.74) is 4.62. The predicted octanol–water partition coefficient (Wildman–Crippen LogP) is 5.42. The monoisotopic (exact) mass is 560 g/mol. The molecule has 9 heteroatoms. The minimum atomic E-state index is -3.82. The van der Waals surface area contributed by atoms with Gasteiger partial charge in [-0.05, 0) is 43.5 Å². The summed E-state index contributed by atoms with van der Waals surface area (Å²) >= 11 is 1.09. The highest BCUT2D eigenvalue weighted by atomic mass is 32.2. The maximum atomic E-state index is 13.5. The lowest BCUT2D eigenvalue weighted by Gasteiger charge is -2.39. The summed E-state index contributed by atoms with van der Waals surface area (Å²) in [6.07, 6.45) is 0. The van der Waals surface area contributed by atoms with Crippen molar-refractivity contribution in [1.29, 1.82) is 0 Å². The number of carbonyl (C=O) groups is 1. The summed E-state index contributed by atoms with van der Waals surface area (Å²) in [6.45, 7) is 8.04. The molecule has 1 aliphatic rings. The molecule has 1 N–H and O–H groups in total. The third-order valence-corrected chi connectivity index (χ3v) is 9.72. The molecule has 0 saturated carbocycles. The van der Waals surface area contributed by atoms with Crippen LogP contribution in [-0.4, -0.2) is 55.3 Å². The third kappa shape index (κ3) is 5.90. The average Bonchev–Trinajstić information content (AvgIpc) is 3.28. The van der Waals surface area contributed by atoms with E-state index in [1.807, 2.05) is 30.0 Å². The highest BCUT2D eigenvalue weighted by Gasteiger charge is 2.30. The highest BCUT2D eigenvalue weighted by molar-refractivity contribution is 7.93. The summed E-state index contributed by atoms with van der Waals surface area (Å²) in [5.74, 6) is -0.113. The molecular weight excluding hydrogens is 528 g/mol. The number of carbonyl (C=O) groups excluding carboxylic acids is 1. The Kier molecular flexibility index (Phi) is 7.83. The number of rotatable bonds is 7. The summed E-state index contributed by atoms with van der Waals surface area (Å²) in [4.78, 5) is 22.8. The quantitative estimate of drug-likeness (QED) is 0.327. The maximum Gasteiger partial charge on any atom is 0.266 e. The van der Waals surface area contributed by atoms with Crippen molar-refractivity contribution in [2.45, 2.75) is 31.7 Å². The smallest absolute Gasteiger partial charge is 0.266 e. The average molecular weight is 561 g/mol. The van der Waals surface area contributed by atoms with Crippen LogP contribution in [0.1, 0.15) is 43.7 Å². The minimum Gasteiger partial charge on any atom is -0.335 e. The van der Waals surface area contributed by atoms with Gasteiger partial charge in [-0.1, -0.05) is 89.7 Å². The molecule has 1 fully saturated rings. The van der Waals surface area contributed by atoms with Gasteiger partial charge in [0.15, 0.2) is 5.13 Å². The molecule has 39 heavy (non-hydrogen) atoms. The van der Waals surface area contributed by atoms with Crippen molar-refractivity contribution in [2.75, 3.05) is 30.9 Å². The Labute approximate surface area is 234 Å². The van der Waals surface area contributed by atoms with E-state index < -0.39 is 10.0 Å². The number of aromatic nitrogens is 1. The molecule has 0 aliphatic carbocycles. The molecule has 1 saturated heterocycles. The van der Waals surface area contributed by atoms with Crippen LogP contribution in [0.4, 0.5) is 5.13 Å². The maximum absolute atomic E-state index is 13.5. The Balaban J connectivity index is 1.29. The van der Waals surface area contributed by atoms with Gasteiger partial charge in [-0.25, -0.2) is 13.4 Å². The van der Waals surface area contributed by atoms with Gasteiger partial charge in [0.05, 0.1) is 16.6 Å². The molecule has 7 nitrogen and oxygen atoms in total. The molecule has 0 spiro atoms. The first-order valence-electron chi connectivity index (χ1n) is 12.9. The molecule has 4 aromatic rings. The second-order valence-corrected chi connectivity index (χ2v) is 12.5. The SMILES string of the molecule is Cc1ccc(S(=O)(=O)Nc2nc(C)c(C(=O)N3CCN(C(c4ccccc4)c4ccccc4)CC3)s2)c(C)c1. The van der Waals surface area contributed by atoms with Gasteiger partial charge >= 0.3 is 0 Å². The number of hydrogen-bond donors (Lipinski definition) is 1. The number of nitrogens with one attached hydrogen (secondary N) is 1. The largest absolute Gasteiger partial charge is 0.335 e. The molecule has 0 unspecified atom stereocenters. The van der Waals surface area contributed by atoms with Gasteiger partial charge < -0.3 is 4.90 Å². The number of aryl methyl sites for hydroxylation is 3. The Morgan fingerprint density at radius 2 is 1.46 bits per heavy atom. The second-order valence-electron chi connectivity index (χ2n) is 9.86. The fourth-order valence-corrected chi connectivity index (χ4v) is 7.52. The molecule has 1 aliphatic heterocycles. The second kappa shape index (κ2) is 11.3. The van der Waals surface area contributed by atoms with E-state index in [1.165, 1.54) is 11.1 Å². The summed E-state index contributed by atoms with van der Waals surface area (Å²) in [7, 11) is -3.82. The Morgan fingerprint density at radius 1 is 0.872 bits per heavy atom. The van der Waals surface area contributed by atoms with E-state index in [0.717, 1.165) is 30.0 Å². The first-order valence-corrected chi connectivity index (χ1v) is 15.2. The van der Waals surface area contributed by atoms with E-state index in [9.17, 15) is 13.2 Å². The van der Waals surface area contributed by atoms with E-state index >= 15 is 0 Å². The highest BCUT2D eigenvalue weighted by Crippen LogP contribution is 2.31. The number of benzene rings is 3. The lowest BCUT2D eigenvalue weighted by Crippen LogP contribution is -2.49. The molecule has 5 rings (SSSR count). The topological polar surface area (TPSA) is 82.6 Å². The van der Waals surface area contributed by atoms with Crippen molar-refractivity contribution < 1.29 is 13.2 Å². The minimum absolute atomic E-state index is 0.112. The van der Waals surface area contributed by atoms with Crippen LogP contribution in [-0.2, 0) is 10.0 Å². The Hall–Kier alpha value is -3.53. The van der Waals surface area contributed by atoms with Crippen molar-refractivity contribution >= 4 is 32.4 Å². The standard InChI is InChI=1S/C30H32N4O3S2/c1-21-14-15-26(22(2)20-21)39(36,37)32-30-31-23(3)28(38-30)29(35)34-18-16-33(17-19-34)27(24-10-6-4-7-11-24)25-12-8-5-9-13-25/h4-15,20,27H,16-19H2,1-3H3,(H,31,32). The molecule has 1 amide bonds. The molecule has 0 radical (unpaired) electrons. The first kappa shape index (κ1) is 27.1. The summed E-state index contributed by atoms with van der Waals surface area (Å²) in [6, 6.07) is 26.2. The zero-order valence-corrected chi connectivity index (χ0v) is 23.9. The van der Waals surface area contributed by atoms with Crippen LogP contribution in [0.3, 0.4) is 0 Å². The van der Waals surface area contributed by atoms with Crippen LogP contribution in [0.5, 0.6) is 0 Å². The van der Waals surface area contributed by atoms with E-state index in [4.69, 9.17) is 0 Å². The molecule has 0 bridgehead atoms. The van der Waals surface area contributed by atoms with Crippen molar-refractivity contribution in [3.63, 3.8) is 0 Å². The Morgan fingerprint density at radius 3 is 2.03 bits per heavy atom. The molecule has 0 atom stereocenters. The number of nitrogens with zero attached hydrogens (tertiary/aromatic N) is 3. The van der Waals surface area contributed by atoms with Gasteiger partial charge in [0.25, 0.3) is 15.9 Å². The van der Waals surface area contributed by atoms with Gasteiger partial charge in [-0.3, -0.25) is 14.4 Å². The van der Waals surface area contributed by atoms with Crippen molar-refractivity contribution in [1.82, 2.24) is 14.8 Å². The molecular formula is C30H32N4O3S2. The van der Waals surface area contributed by atoms with Crippen LogP contribution in [0.15, 0.2) is 83.8 Å². The van der Waals surface area contributed by atoms with Crippen LogP contribution < -0.4 is 4.72 Å². The number of hydrogen-bond acceptors (Lipinski definition) is 6. The first-order chi connectivity index (χ1) is 18.7. The van der Waals surface area contributed by atoms with Gasteiger partial charge in [0, 0.05) is 26.2 Å². The fraction of sp³-hybridized carbons (Fsp3) is 0.267. The third-order valence-electron chi connectivity index (χ3n) is 7.03. The van der Waals surface area contributed by atoms with Gasteiger partial charge in [0.2, 0.25) is 0 Å². The Bertz CT molecular complexity index is 1520. The fourth-order valence-electron chi connectivity index (χ4n) is 5.12. The lowest BCUT2D eigenvalue weighted by molar-refractivity contribution is 0.0601. The predicted molar refractivity (Wildman–Crippen MR) is 156 cm³/mol. The zero-order valence-electron chi connectivity index (χ0n) is 22.3. The summed E-state index contributed by atoms with van der Waals surface area (Å²) in [5, 5.41) is 0.197. The van der Waals surface area contributed by atoms with E-state index in [1.54, 1.807) is 26.0 Å². The lowest BCUT2D eigenvalue weighted by atomic mass is 9.96. The van der Waals surface area contributed by atoms with Crippen LogP contribution in [0, 0.1) is 20.8 Å². The number of amides is 1. The van der Waals surface area contributed by atoms with E-state index in [0.29, 0.717) is 29.2 Å². The summed E-state index contributed by atoms with van der Waals surface area (Å²) < 4.78 is 28.6. The molecule has 1 aromatic heterocycles. The van der Waals surface area contributed by atoms with E-state index in [-0.39, 0.29) is 22.0 Å². The molecule has 202 valence electrons. The van der Waals surface area contributed by atoms with Crippen LogP contribution in [0.25, 0.3) is 0 Å². The molecule has 3 aromatic carbocycles. The van der Waals surface area contributed by atoms with Crippen molar-refractivity contribution in [2.24, 2.45) is 0 Å². The van der Waals surface area contributed by atoms with Crippen LogP contribution >= 0.6 is 11.3 Å². The van der Waals surface area contributed by atoms with Crippen LogP contribution in [0.2, 0.25) is 0 Å². The normalized spacial score (nSPS) is 14.5. The van der Waals surface area contributed by atoms with Crippen molar-refractivity contribution in [3.8, 4) is 0 Å². The van der Waals surface area contributed by atoms with Gasteiger partial charge in [-0.15, -0.1) is 0 Å².